The lowest BCUT2D eigenvalue weighted by Gasteiger charge is -2.47. The SMILES string of the molecule is CCNC(Cc1cc(C)nn1C)C1(OC)CCC1. The molecular formula is C14H25N3O. The third-order valence-corrected chi connectivity index (χ3v) is 4.20. The smallest absolute Gasteiger partial charge is 0.0834 e. The summed E-state index contributed by atoms with van der Waals surface area (Å²) in [5, 5.41) is 8.02. The minimum Gasteiger partial charge on any atom is -0.377 e. The maximum atomic E-state index is 5.82. The third-order valence-electron chi connectivity index (χ3n) is 4.20. The van der Waals surface area contributed by atoms with Crippen LogP contribution >= 0.6 is 0 Å². The molecule has 0 amide bonds. The Morgan fingerprint density at radius 1 is 1.56 bits per heavy atom. The van der Waals surface area contributed by atoms with Crippen molar-refractivity contribution in [3.05, 3.63) is 17.5 Å². The lowest BCUT2D eigenvalue weighted by Crippen LogP contribution is -2.57. The molecule has 1 saturated carbocycles. The van der Waals surface area contributed by atoms with Gasteiger partial charge < -0.3 is 10.1 Å². The van der Waals surface area contributed by atoms with Crippen LogP contribution in [0.4, 0.5) is 0 Å². The number of methoxy groups -OCH3 is 1. The summed E-state index contributed by atoms with van der Waals surface area (Å²) in [6.07, 6.45) is 4.59. The fourth-order valence-electron chi connectivity index (χ4n) is 2.98. The number of nitrogens with one attached hydrogen (secondary N) is 1. The summed E-state index contributed by atoms with van der Waals surface area (Å²) in [7, 11) is 3.86. The first-order valence-electron chi connectivity index (χ1n) is 6.89. The monoisotopic (exact) mass is 251 g/mol. The molecule has 1 aromatic heterocycles. The Bertz CT molecular complexity index is 390. The summed E-state index contributed by atoms with van der Waals surface area (Å²) < 4.78 is 7.80. The van der Waals surface area contributed by atoms with E-state index < -0.39 is 0 Å². The number of ether oxygens (including phenoxy) is 1. The molecule has 102 valence electrons. The van der Waals surface area contributed by atoms with Crippen LogP contribution in [-0.2, 0) is 18.2 Å². The Kier molecular flexibility index (Phi) is 4.07. The summed E-state index contributed by atoms with van der Waals surface area (Å²) in [5.41, 5.74) is 2.40. The van der Waals surface area contributed by atoms with Crippen LogP contribution in [-0.4, -0.2) is 35.1 Å². The first-order chi connectivity index (χ1) is 8.61. The largest absolute Gasteiger partial charge is 0.377 e. The number of aromatic nitrogens is 2. The van der Waals surface area contributed by atoms with Gasteiger partial charge in [-0.3, -0.25) is 4.68 Å². The van der Waals surface area contributed by atoms with Crippen molar-refractivity contribution in [1.29, 1.82) is 0 Å². The van der Waals surface area contributed by atoms with E-state index in [2.05, 4.69) is 23.4 Å². The molecule has 1 fully saturated rings. The molecular weight excluding hydrogens is 226 g/mol. The van der Waals surface area contributed by atoms with Gasteiger partial charge in [0, 0.05) is 32.3 Å². The lowest BCUT2D eigenvalue weighted by molar-refractivity contribution is -0.0981. The fourth-order valence-corrected chi connectivity index (χ4v) is 2.98. The van der Waals surface area contributed by atoms with Crippen LogP contribution in [0.25, 0.3) is 0 Å². The number of hydrogen-bond acceptors (Lipinski definition) is 3. The van der Waals surface area contributed by atoms with Gasteiger partial charge in [0.05, 0.1) is 11.3 Å². The highest BCUT2D eigenvalue weighted by molar-refractivity contribution is 5.13. The summed E-state index contributed by atoms with van der Waals surface area (Å²) >= 11 is 0. The predicted molar refractivity (Wildman–Crippen MR) is 72.7 cm³/mol. The Hall–Kier alpha value is -0.870. The first-order valence-corrected chi connectivity index (χ1v) is 6.89. The zero-order chi connectivity index (χ0) is 13.2. The molecule has 1 N–H and O–H groups in total. The first kappa shape index (κ1) is 13.6. The number of likely N-dealkylation sites (N-methyl/N-ethyl adjacent to an activating group) is 1. The second kappa shape index (κ2) is 5.41. The summed E-state index contributed by atoms with van der Waals surface area (Å²) in [4.78, 5) is 0. The molecule has 18 heavy (non-hydrogen) atoms. The molecule has 0 radical (unpaired) electrons. The van der Waals surface area contributed by atoms with E-state index in [0.717, 1.165) is 31.5 Å². The average molecular weight is 251 g/mol. The highest BCUT2D eigenvalue weighted by atomic mass is 16.5. The average Bonchev–Trinajstić information content (AvgIpc) is 2.57. The van der Waals surface area contributed by atoms with E-state index in [-0.39, 0.29) is 5.60 Å². The Morgan fingerprint density at radius 3 is 2.67 bits per heavy atom. The Balaban J connectivity index is 2.13. The van der Waals surface area contributed by atoms with Crippen molar-refractivity contribution in [3.8, 4) is 0 Å². The van der Waals surface area contributed by atoms with Crippen molar-refractivity contribution in [2.75, 3.05) is 13.7 Å². The molecule has 1 aromatic rings. The summed E-state index contributed by atoms with van der Waals surface area (Å²) in [5.74, 6) is 0. The van der Waals surface area contributed by atoms with Gasteiger partial charge in [-0.2, -0.15) is 5.10 Å². The molecule has 0 saturated heterocycles. The highest BCUT2D eigenvalue weighted by Crippen LogP contribution is 2.39. The molecule has 4 heteroatoms. The molecule has 1 unspecified atom stereocenters. The molecule has 1 heterocycles. The van der Waals surface area contributed by atoms with E-state index in [0.29, 0.717) is 6.04 Å². The van der Waals surface area contributed by atoms with Crippen molar-refractivity contribution in [3.63, 3.8) is 0 Å². The van der Waals surface area contributed by atoms with Crippen LogP contribution in [0.5, 0.6) is 0 Å². The van der Waals surface area contributed by atoms with E-state index in [9.17, 15) is 0 Å². The minimum absolute atomic E-state index is 0.0359. The lowest BCUT2D eigenvalue weighted by atomic mass is 9.73. The van der Waals surface area contributed by atoms with E-state index in [1.54, 1.807) is 0 Å². The number of rotatable bonds is 6. The maximum absolute atomic E-state index is 5.82. The van der Waals surface area contributed by atoms with Crippen molar-refractivity contribution in [2.24, 2.45) is 7.05 Å². The van der Waals surface area contributed by atoms with E-state index in [4.69, 9.17) is 4.74 Å². The van der Waals surface area contributed by atoms with E-state index in [1.165, 1.54) is 12.1 Å². The molecule has 0 aliphatic heterocycles. The van der Waals surface area contributed by atoms with Gasteiger partial charge in [-0.1, -0.05) is 6.92 Å². The molecule has 0 bridgehead atoms. The summed E-state index contributed by atoms with van der Waals surface area (Å²) in [6.45, 7) is 5.18. The minimum atomic E-state index is 0.0359. The highest BCUT2D eigenvalue weighted by Gasteiger charge is 2.44. The van der Waals surface area contributed by atoms with Crippen LogP contribution in [0, 0.1) is 6.92 Å². The quantitative estimate of drug-likeness (QED) is 0.838. The van der Waals surface area contributed by atoms with Gasteiger partial charge in [-0.05, 0) is 38.8 Å². The van der Waals surface area contributed by atoms with Crippen LogP contribution < -0.4 is 5.32 Å². The van der Waals surface area contributed by atoms with Gasteiger partial charge in [0.15, 0.2) is 0 Å². The third kappa shape index (κ3) is 2.45. The second-order valence-corrected chi connectivity index (χ2v) is 5.34. The normalized spacial score (nSPS) is 19.6. The van der Waals surface area contributed by atoms with Crippen molar-refractivity contribution in [1.82, 2.24) is 15.1 Å². The van der Waals surface area contributed by atoms with Gasteiger partial charge in [-0.15, -0.1) is 0 Å². The van der Waals surface area contributed by atoms with Gasteiger partial charge in [0.1, 0.15) is 0 Å². The van der Waals surface area contributed by atoms with Gasteiger partial charge in [0.2, 0.25) is 0 Å². The standard InChI is InChI=1S/C14H25N3O/c1-5-15-13(14(18-4)7-6-8-14)10-12-9-11(2)16-17(12)3/h9,13,15H,5-8,10H2,1-4H3. The molecule has 2 rings (SSSR count). The van der Waals surface area contributed by atoms with Crippen LogP contribution in [0.2, 0.25) is 0 Å². The molecule has 0 aromatic carbocycles. The molecule has 1 atom stereocenters. The maximum Gasteiger partial charge on any atom is 0.0834 e. The Morgan fingerprint density at radius 2 is 2.28 bits per heavy atom. The zero-order valence-corrected chi connectivity index (χ0v) is 12.0. The molecule has 1 aliphatic carbocycles. The number of aryl methyl sites for hydroxylation is 2. The van der Waals surface area contributed by atoms with Crippen molar-refractivity contribution < 1.29 is 4.74 Å². The molecule has 1 aliphatic rings. The van der Waals surface area contributed by atoms with Crippen LogP contribution in [0.1, 0.15) is 37.6 Å². The van der Waals surface area contributed by atoms with Gasteiger partial charge in [0.25, 0.3) is 0 Å². The topological polar surface area (TPSA) is 39.1 Å². The molecule has 4 nitrogen and oxygen atoms in total. The fraction of sp³-hybridized carbons (Fsp3) is 0.786. The number of nitrogens with zero attached hydrogens (tertiary/aromatic N) is 2. The molecule has 0 spiro atoms. The number of hydrogen-bond donors (Lipinski definition) is 1. The Labute approximate surface area is 110 Å². The summed E-state index contributed by atoms with van der Waals surface area (Å²) in [6, 6.07) is 2.56. The van der Waals surface area contributed by atoms with Gasteiger partial charge >= 0.3 is 0 Å². The van der Waals surface area contributed by atoms with Crippen LogP contribution in [0.15, 0.2) is 6.07 Å². The van der Waals surface area contributed by atoms with E-state index in [1.807, 2.05) is 25.8 Å². The van der Waals surface area contributed by atoms with Crippen LogP contribution in [0.3, 0.4) is 0 Å². The second-order valence-electron chi connectivity index (χ2n) is 5.34. The van der Waals surface area contributed by atoms with Crippen molar-refractivity contribution in [2.45, 2.75) is 51.2 Å². The van der Waals surface area contributed by atoms with Gasteiger partial charge in [-0.25, -0.2) is 0 Å². The zero-order valence-electron chi connectivity index (χ0n) is 12.0. The van der Waals surface area contributed by atoms with Crippen molar-refractivity contribution >= 4 is 0 Å². The predicted octanol–water partition coefficient (Wildman–Crippen LogP) is 1.82. The van der Waals surface area contributed by atoms with E-state index >= 15 is 0 Å².